The number of nitrogens with two attached hydrogens (primary N) is 1. The average Bonchev–Trinajstić information content (AvgIpc) is 2.03. The van der Waals surface area contributed by atoms with Crippen LogP contribution in [0.2, 0.25) is 0 Å². The van der Waals surface area contributed by atoms with Crippen LogP contribution in [0.1, 0.15) is 0 Å². The van der Waals surface area contributed by atoms with E-state index in [1.54, 1.807) is 0 Å². The van der Waals surface area contributed by atoms with Crippen LogP contribution in [0.25, 0.3) is 0 Å². The summed E-state index contributed by atoms with van der Waals surface area (Å²) in [6, 6.07) is 0. The number of hydrogen-bond donors (Lipinski definition) is 4. The summed E-state index contributed by atoms with van der Waals surface area (Å²) in [6.45, 7) is -0.250. The Bertz CT molecular complexity index is 122. The summed E-state index contributed by atoms with van der Waals surface area (Å²) in [7, 11) is 0. The number of carboxylic acids is 1. The van der Waals surface area contributed by atoms with Crippen LogP contribution in [-0.4, -0.2) is 40.5 Å². The zero-order chi connectivity index (χ0) is 9.28. The van der Waals surface area contributed by atoms with E-state index in [4.69, 9.17) is 15.3 Å². The summed E-state index contributed by atoms with van der Waals surface area (Å²) >= 11 is 0. The van der Waals surface area contributed by atoms with Crippen LogP contribution in [0.15, 0.2) is 0 Å². The van der Waals surface area contributed by atoms with Gasteiger partial charge in [-0.2, -0.15) is 5.90 Å². The molecule has 0 unspecified atom stereocenters. The van der Waals surface area contributed by atoms with Gasteiger partial charge in [0.05, 0.1) is 13.2 Å². The lowest BCUT2D eigenvalue weighted by Crippen LogP contribution is -2.19. The van der Waals surface area contributed by atoms with E-state index in [-0.39, 0.29) is 13.2 Å². The predicted molar refractivity (Wildman–Crippen MR) is 32.1 cm³/mol. The zero-order valence-electron chi connectivity index (χ0n) is 5.56. The van der Waals surface area contributed by atoms with Crippen molar-refractivity contribution < 1.29 is 29.7 Å². The number of rotatable bonds is 1. The molecule has 0 aromatic heterocycles. The predicted octanol–water partition coefficient (Wildman–Crippen LogP) is -2.54. The fraction of sp³-hybridized carbons (Fsp3) is 0.500. The van der Waals surface area contributed by atoms with Gasteiger partial charge in [-0.05, 0) is 0 Å². The normalized spacial score (nSPS) is 7.55. The molecule has 11 heavy (non-hydrogen) atoms. The Morgan fingerprint density at radius 3 is 1.64 bits per heavy atom. The fourth-order valence-electron chi connectivity index (χ4n) is 0.0504. The molecule has 0 fully saturated rings. The largest absolute Gasteiger partial charge is 0.473 e. The van der Waals surface area contributed by atoms with Gasteiger partial charge in [-0.3, -0.25) is 0 Å². The number of hydrogen-bond acceptors (Lipinski definition) is 6. The van der Waals surface area contributed by atoms with Crippen molar-refractivity contribution in [1.82, 2.24) is 0 Å². The SMILES string of the molecule is NOC(=O)C(=O)O.OCCO. The molecular formula is C4H9NO6. The van der Waals surface area contributed by atoms with Crippen LogP contribution < -0.4 is 5.90 Å². The van der Waals surface area contributed by atoms with Crippen molar-refractivity contribution in [2.45, 2.75) is 0 Å². The molecule has 0 aliphatic carbocycles. The van der Waals surface area contributed by atoms with Gasteiger partial charge in [0.1, 0.15) is 0 Å². The van der Waals surface area contributed by atoms with Crippen molar-refractivity contribution in [3.8, 4) is 0 Å². The van der Waals surface area contributed by atoms with Crippen LogP contribution in [-0.2, 0) is 14.4 Å². The number of aliphatic hydroxyl groups is 2. The van der Waals surface area contributed by atoms with Gasteiger partial charge >= 0.3 is 11.9 Å². The van der Waals surface area contributed by atoms with E-state index in [0.29, 0.717) is 0 Å². The molecule has 0 amide bonds. The molecule has 66 valence electrons. The van der Waals surface area contributed by atoms with Crippen molar-refractivity contribution in [3.63, 3.8) is 0 Å². The van der Waals surface area contributed by atoms with Crippen molar-refractivity contribution in [2.24, 2.45) is 5.90 Å². The van der Waals surface area contributed by atoms with Crippen molar-refractivity contribution in [2.75, 3.05) is 13.2 Å². The zero-order valence-corrected chi connectivity index (χ0v) is 5.56. The molecule has 0 aliphatic heterocycles. The summed E-state index contributed by atoms with van der Waals surface area (Å²) in [5.41, 5.74) is 0. The van der Waals surface area contributed by atoms with Crippen LogP contribution in [0.5, 0.6) is 0 Å². The lowest BCUT2D eigenvalue weighted by atomic mass is 10.7. The Balaban J connectivity index is 0. The Morgan fingerprint density at radius 1 is 1.27 bits per heavy atom. The van der Waals surface area contributed by atoms with Gasteiger partial charge in [-0.25, -0.2) is 9.59 Å². The standard InChI is InChI=1S/C2H3NO4.C2H6O2/c3-7-2(6)1(4)5;3-1-2-4/h3H2,(H,4,5);3-4H,1-2H2. The minimum atomic E-state index is -1.69. The minimum absolute atomic E-state index is 0.125. The molecule has 0 bridgehead atoms. The highest BCUT2D eigenvalue weighted by molar-refractivity contribution is 6.28. The molecule has 0 rings (SSSR count). The molecule has 7 heteroatoms. The maximum atomic E-state index is 9.56. The first-order valence-electron chi connectivity index (χ1n) is 2.45. The summed E-state index contributed by atoms with van der Waals surface area (Å²) in [5, 5.41) is 22.9. The van der Waals surface area contributed by atoms with Gasteiger partial charge in [0.25, 0.3) is 0 Å². The smallest absolute Gasteiger partial charge is 0.435 e. The molecule has 0 saturated carbocycles. The highest BCUT2D eigenvalue weighted by Crippen LogP contribution is 1.64. The van der Waals surface area contributed by atoms with E-state index in [2.05, 4.69) is 10.7 Å². The molecule has 0 aromatic rings. The van der Waals surface area contributed by atoms with Crippen LogP contribution in [0.4, 0.5) is 0 Å². The van der Waals surface area contributed by atoms with Crippen molar-refractivity contribution >= 4 is 11.9 Å². The molecule has 0 atom stereocenters. The first-order valence-corrected chi connectivity index (χ1v) is 2.45. The Kier molecular flexibility index (Phi) is 10.0. The molecular weight excluding hydrogens is 158 g/mol. The molecule has 7 nitrogen and oxygen atoms in total. The number of carbonyl (C=O) groups is 2. The van der Waals surface area contributed by atoms with E-state index >= 15 is 0 Å². The fourth-order valence-corrected chi connectivity index (χ4v) is 0.0504. The van der Waals surface area contributed by atoms with E-state index in [9.17, 15) is 9.59 Å². The molecule has 0 aromatic carbocycles. The van der Waals surface area contributed by atoms with Gasteiger partial charge in [-0.15, -0.1) is 0 Å². The second-order valence-corrected chi connectivity index (χ2v) is 1.16. The molecule has 0 saturated heterocycles. The van der Waals surface area contributed by atoms with E-state index in [1.807, 2.05) is 0 Å². The monoisotopic (exact) mass is 167 g/mol. The number of aliphatic hydroxyl groups excluding tert-OH is 2. The van der Waals surface area contributed by atoms with Gasteiger partial charge in [0, 0.05) is 0 Å². The van der Waals surface area contributed by atoms with Crippen molar-refractivity contribution in [3.05, 3.63) is 0 Å². The molecule has 0 spiro atoms. The highest BCUT2D eigenvalue weighted by Gasteiger charge is 2.09. The molecule has 5 N–H and O–H groups in total. The van der Waals surface area contributed by atoms with Crippen molar-refractivity contribution in [1.29, 1.82) is 0 Å². The van der Waals surface area contributed by atoms with E-state index in [0.717, 1.165) is 0 Å². The Hall–Kier alpha value is -1.18. The molecule has 0 heterocycles. The van der Waals surface area contributed by atoms with E-state index < -0.39 is 11.9 Å². The lowest BCUT2D eigenvalue weighted by Gasteiger charge is -1.84. The first kappa shape index (κ1) is 12.5. The maximum absolute atomic E-state index is 9.56. The second kappa shape index (κ2) is 8.82. The molecule has 0 aliphatic rings. The summed E-state index contributed by atoms with van der Waals surface area (Å²) in [6.07, 6.45) is 0. The quantitative estimate of drug-likeness (QED) is 0.250. The van der Waals surface area contributed by atoms with Gasteiger partial charge in [-0.1, -0.05) is 0 Å². The Morgan fingerprint density at radius 2 is 1.64 bits per heavy atom. The minimum Gasteiger partial charge on any atom is -0.473 e. The first-order chi connectivity index (χ1) is 5.09. The van der Waals surface area contributed by atoms with Gasteiger partial charge < -0.3 is 20.2 Å². The average molecular weight is 167 g/mol. The number of aliphatic carboxylic acids is 1. The maximum Gasteiger partial charge on any atom is 0.435 e. The second-order valence-electron chi connectivity index (χ2n) is 1.16. The number of carboxylic acid groups (broad SMARTS) is 1. The van der Waals surface area contributed by atoms with E-state index in [1.165, 1.54) is 0 Å². The van der Waals surface area contributed by atoms with Crippen LogP contribution in [0.3, 0.4) is 0 Å². The summed E-state index contributed by atoms with van der Waals surface area (Å²) < 4.78 is 0. The topological polar surface area (TPSA) is 130 Å². The highest BCUT2D eigenvalue weighted by atomic mass is 16.7. The lowest BCUT2D eigenvalue weighted by molar-refractivity contribution is -0.164. The Labute approximate surface area is 62.0 Å². The third-order valence-corrected chi connectivity index (χ3v) is 0.382. The van der Waals surface area contributed by atoms with Crippen LogP contribution >= 0.6 is 0 Å². The third-order valence-electron chi connectivity index (χ3n) is 0.382. The van der Waals surface area contributed by atoms with Gasteiger partial charge in [0.15, 0.2) is 0 Å². The summed E-state index contributed by atoms with van der Waals surface area (Å²) in [5.74, 6) is 0.992. The van der Waals surface area contributed by atoms with Gasteiger partial charge in [0.2, 0.25) is 0 Å². The van der Waals surface area contributed by atoms with Crippen LogP contribution in [0, 0.1) is 0 Å². The number of carbonyl (C=O) groups excluding carboxylic acids is 1. The molecule has 0 radical (unpaired) electrons. The third kappa shape index (κ3) is 12.1. The summed E-state index contributed by atoms with van der Waals surface area (Å²) in [4.78, 5) is 22.2.